The molecule has 1 amide bonds. The first-order valence-corrected chi connectivity index (χ1v) is 4.13. The fourth-order valence-corrected chi connectivity index (χ4v) is 0.922. The van der Waals surface area contributed by atoms with Gasteiger partial charge in [-0.3, -0.25) is 4.79 Å². The van der Waals surface area contributed by atoms with Crippen LogP contribution >= 0.6 is 0 Å². The summed E-state index contributed by atoms with van der Waals surface area (Å²) < 4.78 is 0. The van der Waals surface area contributed by atoms with Gasteiger partial charge in [0.25, 0.3) is 0 Å². The van der Waals surface area contributed by atoms with Crippen LogP contribution in [-0.2, 0) is 11.3 Å². The Hall–Kier alpha value is -0.544. The monoisotopic (exact) mass is 189 g/mol. The molecule has 0 aliphatic carbocycles. The molecule has 2 nitrogen and oxygen atoms in total. The van der Waals surface area contributed by atoms with Crippen LogP contribution in [-0.4, -0.2) is 29.0 Å². The van der Waals surface area contributed by atoms with Crippen molar-refractivity contribution in [3.8, 4) is 0 Å². The maximum Gasteiger partial charge on any atom is 2.00 e. The predicted molar refractivity (Wildman–Crippen MR) is 56.6 cm³/mol. The Morgan fingerprint density at radius 2 is 2.00 bits per heavy atom. The van der Waals surface area contributed by atoms with Crippen molar-refractivity contribution >= 4 is 29.0 Å². The van der Waals surface area contributed by atoms with Gasteiger partial charge in [0, 0.05) is 13.0 Å². The second-order valence-corrected chi connectivity index (χ2v) is 2.62. The van der Waals surface area contributed by atoms with Crippen LogP contribution in [0.4, 0.5) is 0 Å². The zero-order valence-corrected chi connectivity index (χ0v) is 9.33. The smallest absolute Gasteiger partial charge is 1.00 e. The molecule has 0 unspecified atom stereocenters. The first-order valence-electron chi connectivity index (χ1n) is 4.13. The quantitative estimate of drug-likeness (QED) is 0.719. The topological polar surface area (TPSA) is 29.1 Å². The second-order valence-electron chi connectivity index (χ2n) is 2.62. The summed E-state index contributed by atoms with van der Waals surface area (Å²) in [6.07, 6.45) is 0.548. The molecule has 13 heavy (non-hydrogen) atoms. The van der Waals surface area contributed by atoms with Crippen molar-refractivity contribution in [2.75, 3.05) is 0 Å². The van der Waals surface area contributed by atoms with Gasteiger partial charge in [-0.05, 0) is 5.56 Å². The molecule has 0 atom stereocenters. The molecule has 0 spiro atoms. The summed E-state index contributed by atoms with van der Waals surface area (Å²) in [7, 11) is 0. The third-order valence-corrected chi connectivity index (χ3v) is 1.65. The Bertz CT molecular complexity index is 257. The van der Waals surface area contributed by atoms with Gasteiger partial charge >= 0.3 is 23.1 Å². The molecule has 0 radical (unpaired) electrons. The van der Waals surface area contributed by atoms with E-state index in [1.165, 1.54) is 0 Å². The molecule has 0 aliphatic rings. The van der Waals surface area contributed by atoms with Crippen molar-refractivity contribution in [1.82, 2.24) is 5.32 Å². The molecule has 0 bridgehead atoms. The molecule has 1 N–H and O–H groups in total. The fourth-order valence-electron chi connectivity index (χ4n) is 0.922. The van der Waals surface area contributed by atoms with Crippen molar-refractivity contribution in [2.45, 2.75) is 19.9 Å². The Kier molecular flexibility index (Phi) is 6.63. The van der Waals surface area contributed by atoms with Crippen molar-refractivity contribution < 1.29 is 7.65 Å². The maximum absolute atomic E-state index is 10.9. The van der Waals surface area contributed by atoms with Crippen molar-refractivity contribution in [3.63, 3.8) is 0 Å². The van der Waals surface area contributed by atoms with E-state index in [2.05, 4.69) is 5.32 Å². The minimum absolute atomic E-state index is 0. The summed E-state index contributed by atoms with van der Waals surface area (Å²) in [5, 5.41) is 2.81. The van der Waals surface area contributed by atoms with Gasteiger partial charge in [-0.1, -0.05) is 37.3 Å². The second kappa shape index (κ2) is 6.92. The minimum Gasteiger partial charge on any atom is -1.00 e. The van der Waals surface area contributed by atoms with Crippen molar-refractivity contribution in [2.24, 2.45) is 0 Å². The van der Waals surface area contributed by atoms with Crippen LogP contribution in [0.5, 0.6) is 0 Å². The summed E-state index contributed by atoms with van der Waals surface area (Å²) >= 11 is 0. The van der Waals surface area contributed by atoms with Gasteiger partial charge in [-0.2, -0.15) is 0 Å². The third kappa shape index (κ3) is 4.90. The minimum atomic E-state index is 0. The average Bonchev–Trinajstić information content (AvgIpc) is 2.16. The number of hydrogen-bond donors (Lipinski definition) is 1. The molecule has 0 saturated heterocycles. The number of rotatable bonds is 3. The van der Waals surface area contributed by atoms with Crippen molar-refractivity contribution in [1.29, 1.82) is 0 Å². The van der Waals surface area contributed by atoms with Gasteiger partial charge in [0.1, 0.15) is 0 Å². The van der Waals surface area contributed by atoms with Crippen LogP contribution in [0, 0.1) is 0 Å². The van der Waals surface area contributed by atoms with Gasteiger partial charge < -0.3 is 8.17 Å². The summed E-state index contributed by atoms with van der Waals surface area (Å²) in [6.45, 7) is 2.48. The SMILES string of the molecule is CCC(=O)NCc1ccccc1.[H-].[H-].[Mg+2]. The van der Waals surface area contributed by atoms with E-state index in [9.17, 15) is 4.79 Å². The molecule has 0 fully saturated rings. The number of nitrogens with one attached hydrogen (secondary N) is 1. The standard InChI is InChI=1S/C10H13NO.Mg.2H/c1-2-10(12)11-8-9-6-4-3-5-7-9;;;/h3-7H,2,8H2,1H3,(H,11,12);;;/q;+2;2*-1. The number of amides is 1. The Morgan fingerprint density at radius 1 is 1.38 bits per heavy atom. The van der Waals surface area contributed by atoms with E-state index in [1.807, 2.05) is 37.3 Å². The molecule has 0 aliphatic heterocycles. The van der Waals surface area contributed by atoms with Gasteiger partial charge in [0.05, 0.1) is 0 Å². The molecule has 0 aromatic heterocycles. The van der Waals surface area contributed by atoms with Gasteiger partial charge in [-0.15, -0.1) is 0 Å². The van der Waals surface area contributed by atoms with Crippen LogP contribution in [0.1, 0.15) is 21.8 Å². The molecule has 1 rings (SSSR count). The molecule has 1 aromatic rings. The molecular weight excluding hydrogens is 174 g/mol. The first-order chi connectivity index (χ1) is 5.83. The summed E-state index contributed by atoms with van der Waals surface area (Å²) in [4.78, 5) is 10.9. The first kappa shape index (κ1) is 12.5. The van der Waals surface area contributed by atoms with E-state index in [4.69, 9.17) is 0 Å². The van der Waals surface area contributed by atoms with Crippen LogP contribution < -0.4 is 5.32 Å². The summed E-state index contributed by atoms with van der Waals surface area (Å²) in [5.74, 6) is 0.0962. The number of carbonyl (C=O) groups is 1. The molecule has 1 aromatic carbocycles. The van der Waals surface area contributed by atoms with E-state index in [-0.39, 0.29) is 31.8 Å². The Morgan fingerprint density at radius 3 is 2.54 bits per heavy atom. The maximum atomic E-state index is 10.9. The summed E-state index contributed by atoms with van der Waals surface area (Å²) in [5.41, 5.74) is 1.14. The molecule has 0 heterocycles. The summed E-state index contributed by atoms with van der Waals surface area (Å²) in [6, 6.07) is 9.89. The van der Waals surface area contributed by atoms with E-state index >= 15 is 0 Å². The average molecular weight is 190 g/mol. The van der Waals surface area contributed by atoms with Crippen LogP contribution in [0.2, 0.25) is 0 Å². The third-order valence-electron chi connectivity index (χ3n) is 1.65. The van der Waals surface area contributed by atoms with Crippen LogP contribution in [0.3, 0.4) is 0 Å². The number of benzene rings is 1. The number of hydrogen-bond acceptors (Lipinski definition) is 1. The Labute approximate surface area is 97.8 Å². The van der Waals surface area contributed by atoms with E-state index in [0.29, 0.717) is 13.0 Å². The molecule has 3 heteroatoms. The van der Waals surface area contributed by atoms with Crippen LogP contribution in [0.25, 0.3) is 0 Å². The predicted octanol–water partition coefficient (Wildman–Crippen LogP) is 1.56. The van der Waals surface area contributed by atoms with Gasteiger partial charge in [0.2, 0.25) is 5.91 Å². The largest absolute Gasteiger partial charge is 2.00 e. The fraction of sp³-hybridized carbons (Fsp3) is 0.300. The molecule has 0 saturated carbocycles. The number of carbonyl (C=O) groups excluding carboxylic acids is 1. The van der Waals surface area contributed by atoms with Gasteiger partial charge in [0.15, 0.2) is 0 Å². The molecule has 68 valence electrons. The van der Waals surface area contributed by atoms with Gasteiger partial charge in [-0.25, -0.2) is 0 Å². The Balaban J connectivity index is -0.000000480. The van der Waals surface area contributed by atoms with Crippen LogP contribution in [0.15, 0.2) is 30.3 Å². The zero-order chi connectivity index (χ0) is 8.81. The zero-order valence-electron chi connectivity index (χ0n) is 9.92. The van der Waals surface area contributed by atoms with E-state index < -0.39 is 0 Å². The molecular formula is C10H15MgNO. The van der Waals surface area contributed by atoms with E-state index in [0.717, 1.165) is 5.56 Å². The van der Waals surface area contributed by atoms with E-state index in [1.54, 1.807) is 0 Å². The van der Waals surface area contributed by atoms with Crippen molar-refractivity contribution in [3.05, 3.63) is 35.9 Å². The normalized spacial score (nSPS) is 8.69.